The van der Waals surface area contributed by atoms with Crippen LogP contribution >= 0.6 is 11.8 Å². The van der Waals surface area contributed by atoms with Crippen molar-refractivity contribution in [2.75, 3.05) is 18.8 Å². The standard InChI is InChI=1S/C14H20FNO3S2/c1-10-6-12(7-11(8-17)13(10)15)21(18,19)16-4-5-20-14(2,3)9-16/h6-7,17H,4-5,8-9H2,1-3H3. The molecule has 0 unspecified atom stereocenters. The van der Waals surface area contributed by atoms with Gasteiger partial charge in [-0.2, -0.15) is 16.1 Å². The summed E-state index contributed by atoms with van der Waals surface area (Å²) in [5.74, 6) is 0.185. The molecule has 0 aromatic heterocycles. The molecule has 21 heavy (non-hydrogen) atoms. The van der Waals surface area contributed by atoms with Crippen molar-refractivity contribution in [2.24, 2.45) is 0 Å². The van der Waals surface area contributed by atoms with Crippen molar-refractivity contribution in [1.29, 1.82) is 0 Å². The first-order valence-corrected chi connectivity index (χ1v) is 9.14. The number of aliphatic hydroxyl groups excluding tert-OH is 1. The summed E-state index contributed by atoms with van der Waals surface area (Å²) in [6.07, 6.45) is 0. The molecule has 0 saturated carbocycles. The lowest BCUT2D eigenvalue weighted by atomic mass is 10.1. The molecule has 1 saturated heterocycles. The summed E-state index contributed by atoms with van der Waals surface area (Å²) >= 11 is 1.74. The predicted molar refractivity (Wildman–Crippen MR) is 82.4 cm³/mol. The van der Waals surface area contributed by atoms with Crippen LogP contribution in [0.15, 0.2) is 17.0 Å². The van der Waals surface area contributed by atoms with Crippen LogP contribution in [0.3, 0.4) is 0 Å². The maximum absolute atomic E-state index is 13.8. The monoisotopic (exact) mass is 333 g/mol. The zero-order valence-electron chi connectivity index (χ0n) is 12.4. The first kappa shape index (κ1) is 16.7. The Balaban J connectivity index is 2.42. The Kier molecular flexibility index (Phi) is 4.68. The molecule has 1 heterocycles. The van der Waals surface area contributed by atoms with Gasteiger partial charge in [0, 0.05) is 29.2 Å². The highest BCUT2D eigenvalue weighted by molar-refractivity contribution is 8.00. The number of aryl methyl sites for hydroxylation is 1. The maximum atomic E-state index is 13.8. The van der Waals surface area contributed by atoms with E-state index in [0.717, 1.165) is 5.75 Å². The fraction of sp³-hybridized carbons (Fsp3) is 0.571. The quantitative estimate of drug-likeness (QED) is 0.921. The van der Waals surface area contributed by atoms with Gasteiger partial charge in [0.05, 0.1) is 11.5 Å². The third-order valence-corrected chi connectivity index (χ3v) is 6.62. The van der Waals surface area contributed by atoms with Gasteiger partial charge in [-0.15, -0.1) is 0 Å². The smallest absolute Gasteiger partial charge is 0.243 e. The maximum Gasteiger partial charge on any atom is 0.243 e. The van der Waals surface area contributed by atoms with E-state index in [2.05, 4.69) is 0 Å². The Bertz CT molecular complexity index is 644. The van der Waals surface area contributed by atoms with E-state index in [4.69, 9.17) is 0 Å². The number of hydrogen-bond acceptors (Lipinski definition) is 4. The van der Waals surface area contributed by atoms with Crippen LogP contribution in [0.2, 0.25) is 0 Å². The average molecular weight is 333 g/mol. The molecule has 0 aliphatic carbocycles. The second-order valence-corrected chi connectivity index (χ2v) is 9.56. The van der Waals surface area contributed by atoms with Crippen molar-refractivity contribution in [2.45, 2.75) is 37.0 Å². The third-order valence-electron chi connectivity index (χ3n) is 3.50. The van der Waals surface area contributed by atoms with Gasteiger partial charge in [0.15, 0.2) is 0 Å². The Hall–Kier alpha value is -0.630. The first-order valence-electron chi connectivity index (χ1n) is 6.71. The third kappa shape index (κ3) is 3.41. The van der Waals surface area contributed by atoms with E-state index in [0.29, 0.717) is 13.1 Å². The van der Waals surface area contributed by atoms with Gasteiger partial charge < -0.3 is 5.11 Å². The van der Waals surface area contributed by atoms with Crippen molar-refractivity contribution in [1.82, 2.24) is 4.31 Å². The van der Waals surface area contributed by atoms with Gasteiger partial charge in [-0.1, -0.05) is 0 Å². The largest absolute Gasteiger partial charge is 0.392 e. The van der Waals surface area contributed by atoms with Crippen molar-refractivity contribution in [3.05, 3.63) is 29.1 Å². The van der Waals surface area contributed by atoms with Crippen LogP contribution in [-0.2, 0) is 16.6 Å². The minimum Gasteiger partial charge on any atom is -0.392 e. The molecular weight excluding hydrogens is 313 g/mol. The predicted octanol–water partition coefficient (Wildman–Crippen LogP) is 2.14. The van der Waals surface area contributed by atoms with Crippen molar-refractivity contribution >= 4 is 21.8 Å². The lowest BCUT2D eigenvalue weighted by molar-refractivity contribution is 0.275. The molecule has 1 fully saturated rings. The molecule has 1 aliphatic rings. The zero-order chi connectivity index (χ0) is 15.8. The van der Waals surface area contributed by atoms with Crippen LogP contribution in [0.1, 0.15) is 25.0 Å². The number of thioether (sulfide) groups is 1. The number of nitrogens with zero attached hydrogens (tertiary/aromatic N) is 1. The first-order chi connectivity index (χ1) is 9.67. The number of benzene rings is 1. The molecule has 7 heteroatoms. The Morgan fingerprint density at radius 3 is 2.67 bits per heavy atom. The summed E-state index contributed by atoms with van der Waals surface area (Å²) in [5, 5.41) is 9.17. The Morgan fingerprint density at radius 2 is 2.10 bits per heavy atom. The van der Waals surface area contributed by atoms with E-state index < -0.39 is 22.4 Å². The van der Waals surface area contributed by atoms with Crippen LogP contribution < -0.4 is 0 Å². The second kappa shape index (κ2) is 5.87. The number of hydrogen-bond donors (Lipinski definition) is 1. The molecule has 2 rings (SSSR count). The van der Waals surface area contributed by atoms with Gasteiger partial charge in [0.25, 0.3) is 0 Å². The highest BCUT2D eigenvalue weighted by Crippen LogP contribution is 2.33. The molecule has 0 bridgehead atoms. The fourth-order valence-electron chi connectivity index (χ4n) is 2.40. The summed E-state index contributed by atoms with van der Waals surface area (Å²) in [4.78, 5) is 0.0492. The minimum absolute atomic E-state index is 0.0132. The molecule has 4 nitrogen and oxygen atoms in total. The summed E-state index contributed by atoms with van der Waals surface area (Å²) < 4.78 is 40.5. The van der Waals surface area contributed by atoms with Crippen molar-refractivity contribution < 1.29 is 17.9 Å². The molecule has 118 valence electrons. The zero-order valence-corrected chi connectivity index (χ0v) is 14.0. The highest BCUT2D eigenvalue weighted by Gasteiger charge is 2.35. The second-order valence-electron chi connectivity index (χ2n) is 5.82. The molecule has 0 spiro atoms. The van der Waals surface area contributed by atoms with Gasteiger partial charge in [-0.05, 0) is 38.5 Å². The number of halogens is 1. The van der Waals surface area contributed by atoms with Crippen LogP contribution in [0, 0.1) is 12.7 Å². The lowest BCUT2D eigenvalue weighted by Crippen LogP contribution is -2.46. The summed E-state index contributed by atoms with van der Waals surface area (Å²) in [5.41, 5.74) is 0.241. The van der Waals surface area contributed by atoms with E-state index >= 15 is 0 Å². The molecule has 1 aliphatic heterocycles. The average Bonchev–Trinajstić information content (AvgIpc) is 2.40. The number of sulfonamides is 1. The van der Waals surface area contributed by atoms with Crippen molar-refractivity contribution in [3.63, 3.8) is 0 Å². The molecule has 0 radical (unpaired) electrons. The molecule has 0 amide bonds. The van der Waals surface area contributed by atoms with Gasteiger partial charge in [0.1, 0.15) is 5.82 Å². The summed E-state index contributed by atoms with van der Waals surface area (Å²) in [6.45, 7) is 5.87. The van der Waals surface area contributed by atoms with E-state index in [1.165, 1.54) is 23.4 Å². The molecule has 1 aromatic rings. The molecule has 1 aromatic carbocycles. The van der Waals surface area contributed by atoms with E-state index in [9.17, 15) is 17.9 Å². The summed E-state index contributed by atoms with van der Waals surface area (Å²) in [7, 11) is -3.66. The lowest BCUT2D eigenvalue weighted by Gasteiger charge is -2.36. The Morgan fingerprint density at radius 1 is 1.43 bits per heavy atom. The summed E-state index contributed by atoms with van der Waals surface area (Å²) in [6, 6.07) is 2.56. The normalized spacial score (nSPS) is 19.7. The van der Waals surface area contributed by atoms with Crippen LogP contribution in [0.4, 0.5) is 4.39 Å². The minimum atomic E-state index is -3.66. The van der Waals surface area contributed by atoms with Gasteiger partial charge >= 0.3 is 0 Å². The molecule has 0 atom stereocenters. The highest BCUT2D eigenvalue weighted by atomic mass is 32.2. The Labute approximate surface area is 129 Å². The van der Waals surface area contributed by atoms with Crippen LogP contribution in [0.25, 0.3) is 0 Å². The molecular formula is C14H20FNO3S2. The van der Waals surface area contributed by atoms with Crippen LogP contribution in [-0.4, -0.2) is 41.4 Å². The van der Waals surface area contributed by atoms with E-state index in [1.54, 1.807) is 11.8 Å². The van der Waals surface area contributed by atoms with E-state index in [1.807, 2.05) is 13.8 Å². The number of rotatable bonds is 3. The van der Waals surface area contributed by atoms with Crippen molar-refractivity contribution in [3.8, 4) is 0 Å². The van der Waals surface area contributed by atoms with Gasteiger partial charge in [-0.3, -0.25) is 0 Å². The van der Waals surface area contributed by atoms with Gasteiger partial charge in [0.2, 0.25) is 10.0 Å². The fourth-order valence-corrected chi connectivity index (χ4v) is 5.45. The van der Waals surface area contributed by atoms with Gasteiger partial charge in [-0.25, -0.2) is 12.8 Å². The molecule has 1 N–H and O–H groups in total. The SMILES string of the molecule is Cc1cc(S(=O)(=O)N2CCSC(C)(C)C2)cc(CO)c1F. The number of aliphatic hydroxyl groups is 1. The van der Waals surface area contributed by atoms with E-state index in [-0.39, 0.29) is 20.8 Å². The van der Waals surface area contributed by atoms with Crippen LogP contribution in [0.5, 0.6) is 0 Å². The topological polar surface area (TPSA) is 57.6 Å².